The topological polar surface area (TPSA) is 137 Å². The van der Waals surface area contributed by atoms with Gasteiger partial charge in [0.15, 0.2) is 15.6 Å². The van der Waals surface area contributed by atoms with Gasteiger partial charge < -0.3 is 4.55 Å². The maximum absolute atomic E-state index is 13.9. The summed E-state index contributed by atoms with van der Waals surface area (Å²) in [6, 6.07) is 3.21. The van der Waals surface area contributed by atoms with Crippen LogP contribution in [0.5, 0.6) is 0 Å². The summed E-state index contributed by atoms with van der Waals surface area (Å²) in [7, 11) is -9.25. The number of rotatable bonds is 6. The highest BCUT2D eigenvalue weighted by atomic mass is 32.2. The number of aromatic amines is 1. The van der Waals surface area contributed by atoms with Gasteiger partial charge in [0.05, 0.1) is 26.3 Å². The van der Waals surface area contributed by atoms with E-state index in [9.17, 15) is 39.4 Å². The minimum absolute atomic E-state index is 0.0284. The molecule has 1 aromatic carbocycles. The van der Waals surface area contributed by atoms with Gasteiger partial charge in [-0.15, -0.1) is 0 Å². The number of allylic oxidation sites excluding steroid dienone is 2. The molecule has 0 radical (unpaired) electrons. The van der Waals surface area contributed by atoms with Gasteiger partial charge in [-0.05, 0) is 50.1 Å². The number of alkyl halides is 3. The standard InChI is InChI=1S/C22H23F3N2O6S2/c1-5-21(35(31,32)33)11-13(2)20(3,16(12-21)17-8-9-26-27-17)19(28)15-7-6-14(22(23,24)25)10-18(15)34(4,29)30/h6-12H,5H2,1-4H3,(H,26,27)(H,31,32,33)/p-1. The molecule has 0 aliphatic heterocycles. The number of nitrogens with one attached hydrogen (secondary N) is 1. The Balaban J connectivity index is 2.35. The Labute approximate surface area is 200 Å². The van der Waals surface area contributed by atoms with Crippen LogP contribution in [0.4, 0.5) is 13.2 Å². The van der Waals surface area contributed by atoms with Crippen molar-refractivity contribution in [3.05, 3.63) is 65.0 Å². The first-order chi connectivity index (χ1) is 15.9. The molecule has 0 bridgehead atoms. The summed E-state index contributed by atoms with van der Waals surface area (Å²) in [5.74, 6) is -0.894. The molecule has 2 aromatic rings. The lowest BCUT2D eigenvalue weighted by molar-refractivity contribution is -0.137. The summed E-state index contributed by atoms with van der Waals surface area (Å²) in [5, 5.41) is 6.42. The zero-order valence-corrected chi connectivity index (χ0v) is 20.7. The molecule has 2 unspecified atom stereocenters. The number of hydrogen-bond acceptors (Lipinski definition) is 7. The van der Waals surface area contributed by atoms with Crippen LogP contribution in [-0.4, -0.2) is 48.4 Å². The third-order valence-electron chi connectivity index (χ3n) is 6.39. The summed E-state index contributed by atoms with van der Waals surface area (Å²) in [6.07, 6.45) is -0.741. The van der Waals surface area contributed by atoms with Gasteiger partial charge in [-0.3, -0.25) is 9.89 Å². The Kier molecular flexibility index (Phi) is 6.45. The predicted molar refractivity (Wildman–Crippen MR) is 120 cm³/mol. The number of ketones is 1. The molecule has 0 amide bonds. The van der Waals surface area contributed by atoms with E-state index in [-0.39, 0.29) is 23.3 Å². The summed E-state index contributed by atoms with van der Waals surface area (Å²) in [6.45, 7) is 4.26. The molecule has 1 N–H and O–H groups in total. The van der Waals surface area contributed by atoms with Crippen molar-refractivity contribution in [1.29, 1.82) is 0 Å². The largest absolute Gasteiger partial charge is 0.747 e. The highest BCUT2D eigenvalue weighted by Crippen LogP contribution is 2.50. The summed E-state index contributed by atoms with van der Waals surface area (Å²) in [5.41, 5.74) is -3.18. The summed E-state index contributed by atoms with van der Waals surface area (Å²) < 4.78 is 99.3. The van der Waals surface area contributed by atoms with Gasteiger partial charge in [0.1, 0.15) is 10.1 Å². The van der Waals surface area contributed by atoms with Crippen LogP contribution in [0.15, 0.2) is 53.1 Å². The second kappa shape index (κ2) is 8.42. The SMILES string of the molecule is CCC1(S(=O)(=O)[O-])C=C(C)C(C)(C(=O)c2ccc(C(F)(F)F)cc2S(C)(=O)=O)C(c2ccn[nH]2)=C1. The van der Waals surface area contributed by atoms with Gasteiger partial charge in [-0.1, -0.05) is 24.6 Å². The quantitative estimate of drug-likeness (QED) is 0.340. The van der Waals surface area contributed by atoms with E-state index in [0.29, 0.717) is 18.4 Å². The average Bonchev–Trinajstić information content (AvgIpc) is 3.27. The van der Waals surface area contributed by atoms with E-state index >= 15 is 0 Å². The number of carbonyl (C=O) groups is 1. The molecule has 0 spiro atoms. The molecule has 1 aliphatic carbocycles. The van der Waals surface area contributed by atoms with E-state index in [1.165, 1.54) is 33.0 Å². The number of sulfone groups is 1. The zero-order chi connectivity index (χ0) is 26.6. The van der Waals surface area contributed by atoms with Crippen molar-refractivity contribution in [3.8, 4) is 0 Å². The summed E-state index contributed by atoms with van der Waals surface area (Å²) >= 11 is 0. The Morgan fingerprint density at radius 3 is 2.23 bits per heavy atom. The second-order valence-electron chi connectivity index (χ2n) is 8.55. The van der Waals surface area contributed by atoms with Crippen LogP contribution in [-0.2, 0) is 26.1 Å². The molecular weight excluding hydrogens is 509 g/mol. The average molecular weight is 532 g/mol. The van der Waals surface area contributed by atoms with E-state index in [0.717, 1.165) is 18.2 Å². The van der Waals surface area contributed by atoms with Crippen LogP contribution in [0.2, 0.25) is 0 Å². The Hall–Kier alpha value is -2.77. The summed E-state index contributed by atoms with van der Waals surface area (Å²) in [4.78, 5) is 13.1. The van der Waals surface area contributed by atoms with Crippen molar-refractivity contribution >= 4 is 31.3 Å². The molecule has 1 aromatic heterocycles. The molecule has 0 fully saturated rings. The fourth-order valence-corrected chi connectivity index (χ4v) is 6.03. The number of benzene rings is 1. The van der Waals surface area contributed by atoms with Gasteiger partial charge in [0.2, 0.25) is 0 Å². The molecule has 3 rings (SSSR count). The van der Waals surface area contributed by atoms with Gasteiger partial charge >= 0.3 is 6.18 Å². The molecule has 1 heterocycles. The van der Waals surface area contributed by atoms with Gasteiger partial charge in [-0.2, -0.15) is 18.3 Å². The van der Waals surface area contributed by atoms with Gasteiger partial charge in [0.25, 0.3) is 0 Å². The monoisotopic (exact) mass is 531 g/mol. The predicted octanol–water partition coefficient (Wildman–Crippen LogP) is 3.76. The van der Waals surface area contributed by atoms with E-state index < -0.39 is 58.1 Å². The number of carbonyl (C=O) groups excluding carboxylic acids is 1. The highest BCUT2D eigenvalue weighted by Gasteiger charge is 2.49. The van der Waals surface area contributed by atoms with Crippen molar-refractivity contribution in [2.75, 3.05) is 6.26 Å². The third kappa shape index (κ3) is 4.47. The molecule has 8 nitrogen and oxygen atoms in total. The van der Waals surface area contributed by atoms with Crippen molar-refractivity contribution in [2.45, 2.75) is 43.0 Å². The lowest BCUT2D eigenvalue weighted by Crippen LogP contribution is -2.43. The lowest BCUT2D eigenvalue weighted by Gasteiger charge is -2.42. The van der Waals surface area contributed by atoms with Crippen LogP contribution in [0.1, 0.15) is 48.8 Å². The van der Waals surface area contributed by atoms with Crippen molar-refractivity contribution in [2.24, 2.45) is 5.41 Å². The fraction of sp³-hybridized carbons (Fsp3) is 0.364. The smallest absolute Gasteiger partial charge is 0.416 e. The molecule has 2 atom stereocenters. The number of halogens is 3. The first-order valence-corrected chi connectivity index (χ1v) is 13.5. The van der Waals surface area contributed by atoms with E-state index in [1.54, 1.807) is 0 Å². The van der Waals surface area contributed by atoms with Crippen molar-refractivity contribution in [3.63, 3.8) is 0 Å². The van der Waals surface area contributed by atoms with Crippen molar-refractivity contribution in [1.82, 2.24) is 10.2 Å². The zero-order valence-electron chi connectivity index (χ0n) is 19.1. The Morgan fingerprint density at radius 1 is 1.14 bits per heavy atom. The molecule has 0 saturated heterocycles. The Bertz CT molecular complexity index is 1460. The number of aromatic nitrogens is 2. The van der Waals surface area contributed by atoms with Crippen LogP contribution < -0.4 is 0 Å². The van der Waals surface area contributed by atoms with E-state index in [4.69, 9.17) is 0 Å². The van der Waals surface area contributed by atoms with Gasteiger partial charge in [-0.25, -0.2) is 16.8 Å². The van der Waals surface area contributed by atoms with Crippen LogP contribution in [0, 0.1) is 5.41 Å². The first kappa shape index (κ1) is 26.8. The Morgan fingerprint density at radius 2 is 1.77 bits per heavy atom. The number of nitrogens with zero attached hydrogens (tertiary/aromatic N) is 1. The first-order valence-electron chi connectivity index (χ1n) is 10.2. The van der Waals surface area contributed by atoms with E-state index in [1.807, 2.05) is 0 Å². The third-order valence-corrected chi connectivity index (χ3v) is 8.98. The highest BCUT2D eigenvalue weighted by molar-refractivity contribution is 7.90. The minimum atomic E-state index is -4.96. The molecule has 13 heteroatoms. The lowest BCUT2D eigenvalue weighted by atomic mass is 9.65. The molecule has 35 heavy (non-hydrogen) atoms. The number of H-pyrrole nitrogens is 1. The molecule has 1 aliphatic rings. The van der Waals surface area contributed by atoms with Crippen LogP contribution >= 0.6 is 0 Å². The van der Waals surface area contributed by atoms with E-state index in [2.05, 4.69) is 10.2 Å². The number of Topliss-reactive ketones (excluding diaryl/α,β-unsaturated/α-hetero) is 1. The van der Waals surface area contributed by atoms with Crippen LogP contribution in [0.3, 0.4) is 0 Å². The van der Waals surface area contributed by atoms with Crippen LogP contribution in [0.25, 0.3) is 5.57 Å². The maximum atomic E-state index is 13.9. The minimum Gasteiger partial charge on any atom is -0.747 e. The second-order valence-corrected chi connectivity index (χ2v) is 12.2. The van der Waals surface area contributed by atoms with Crippen molar-refractivity contribution < 1.29 is 39.4 Å². The molecular formula is C22H22F3N2O6S2-. The normalized spacial score (nSPS) is 23.5. The number of hydrogen-bond donors (Lipinski definition) is 1. The van der Waals surface area contributed by atoms with Gasteiger partial charge in [0, 0.05) is 18.0 Å². The molecule has 0 saturated carbocycles. The maximum Gasteiger partial charge on any atom is 0.416 e. The fourth-order valence-electron chi connectivity index (χ4n) is 4.20. The molecule has 190 valence electrons.